The van der Waals surface area contributed by atoms with Crippen molar-refractivity contribution in [3.05, 3.63) is 12.4 Å². The van der Waals surface area contributed by atoms with Gasteiger partial charge in [-0.2, -0.15) is 0 Å². The topological polar surface area (TPSA) is 65.5 Å². The smallest absolute Gasteiger partial charge is 0.218 e. The zero-order chi connectivity index (χ0) is 14.2. The number of rotatable bonds is 7. The van der Waals surface area contributed by atoms with Crippen LogP contribution >= 0.6 is 0 Å². The van der Waals surface area contributed by atoms with Crippen LogP contribution in [0.4, 0.5) is 5.82 Å². The minimum atomic E-state index is 0.191. The van der Waals surface area contributed by atoms with E-state index < -0.39 is 0 Å². The van der Waals surface area contributed by atoms with Crippen LogP contribution in [0.1, 0.15) is 26.7 Å². The van der Waals surface area contributed by atoms with Gasteiger partial charge in [-0.15, -0.1) is 0 Å². The summed E-state index contributed by atoms with van der Waals surface area (Å²) in [4.78, 5) is 8.31. The van der Waals surface area contributed by atoms with Crippen molar-refractivity contribution in [2.24, 2.45) is 0 Å². The van der Waals surface area contributed by atoms with Crippen LogP contribution in [0, 0.1) is 0 Å². The van der Waals surface area contributed by atoms with E-state index in [4.69, 9.17) is 14.2 Å². The van der Waals surface area contributed by atoms with E-state index in [-0.39, 0.29) is 12.2 Å². The first-order chi connectivity index (χ1) is 9.74. The molecule has 0 spiro atoms. The molecule has 1 aliphatic heterocycles. The van der Waals surface area contributed by atoms with Crippen molar-refractivity contribution in [1.82, 2.24) is 9.97 Å². The lowest BCUT2D eigenvalue weighted by Gasteiger charge is -2.22. The monoisotopic (exact) mass is 281 g/mol. The summed E-state index contributed by atoms with van der Waals surface area (Å²) in [5.41, 5.74) is 0. The first kappa shape index (κ1) is 15.0. The molecule has 1 aromatic rings. The lowest BCUT2D eigenvalue weighted by Crippen LogP contribution is -2.26. The van der Waals surface area contributed by atoms with Gasteiger partial charge in [-0.05, 0) is 13.8 Å². The maximum atomic E-state index is 5.84. The predicted octanol–water partition coefficient (Wildman–Crippen LogP) is 1.87. The first-order valence-electron chi connectivity index (χ1n) is 7.16. The quantitative estimate of drug-likeness (QED) is 0.770. The van der Waals surface area contributed by atoms with E-state index in [1.807, 2.05) is 19.9 Å². The van der Waals surface area contributed by atoms with Gasteiger partial charge in [-0.25, -0.2) is 9.97 Å². The molecule has 0 saturated carbocycles. The second-order valence-corrected chi connectivity index (χ2v) is 5.02. The fraction of sp³-hybridized carbons (Fsp3) is 0.714. The Labute approximate surface area is 119 Å². The zero-order valence-corrected chi connectivity index (χ0v) is 12.2. The Morgan fingerprint density at radius 2 is 2.15 bits per heavy atom. The molecule has 0 bridgehead atoms. The molecule has 2 heterocycles. The number of ether oxygens (including phenoxy) is 3. The number of anilines is 1. The Bertz CT molecular complexity index is 395. The van der Waals surface area contributed by atoms with Gasteiger partial charge in [-0.3, -0.25) is 0 Å². The van der Waals surface area contributed by atoms with Crippen LogP contribution in [-0.2, 0) is 9.47 Å². The minimum absolute atomic E-state index is 0.191. The van der Waals surface area contributed by atoms with Crippen molar-refractivity contribution < 1.29 is 14.2 Å². The maximum absolute atomic E-state index is 5.84. The van der Waals surface area contributed by atoms with Gasteiger partial charge in [0, 0.05) is 25.5 Å². The van der Waals surface area contributed by atoms with E-state index in [2.05, 4.69) is 15.3 Å². The fourth-order valence-corrected chi connectivity index (χ4v) is 1.94. The molecule has 1 fully saturated rings. The molecule has 0 atom stereocenters. The third kappa shape index (κ3) is 5.30. The van der Waals surface area contributed by atoms with E-state index in [1.165, 1.54) is 6.33 Å². The van der Waals surface area contributed by atoms with Crippen molar-refractivity contribution in [2.45, 2.75) is 38.9 Å². The minimum Gasteiger partial charge on any atom is -0.474 e. The molecule has 1 N–H and O–H groups in total. The summed E-state index contributed by atoms with van der Waals surface area (Å²) in [6, 6.07) is 1.82. The van der Waals surface area contributed by atoms with Crippen LogP contribution in [-0.4, -0.2) is 48.5 Å². The van der Waals surface area contributed by atoms with Gasteiger partial charge in [-0.1, -0.05) is 0 Å². The second kappa shape index (κ2) is 8.01. The Morgan fingerprint density at radius 3 is 2.90 bits per heavy atom. The van der Waals surface area contributed by atoms with E-state index in [1.54, 1.807) is 0 Å². The molecule has 6 heteroatoms. The third-order valence-corrected chi connectivity index (χ3v) is 2.96. The molecule has 112 valence electrons. The van der Waals surface area contributed by atoms with E-state index in [0.717, 1.165) is 31.9 Å². The molecule has 2 rings (SSSR count). The molecular weight excluding hydrogens is 258 g/mol. The molecule has 20 heavy (non-hydrogen) atoms. The van der Waals surface area contributed by atoms with Gasteiger partial charge >= 0.3 is 0 Å². The Hall–Kier alpha value is -1.40. The Kier molecular flexibility index (Phi) is 6.01. The third-order valence-electron chi connectivity index (χ3n) is 2.96. The van der Waals surface area contributed by atoms with E-state index in [9.17, 15) is 0 Å². The normalized spacial score (nSPS) is 16.4. The summed E-state index contributed by atoms with van der Waals surface area (Å²) >= 11 is 0. The van der Waals surface area contributed by atoms with Gasteiger partial charge in [0.15, 0.2) is 0 Å². The van der Waals surface area contributed by atoms with Crippen molar-refractivity contribution in [1.29, 1.82) is 0 Å². The fourth-order valence-electron chi connectivity index (χ4n) is 1.94. The van der Waals surface area contributed by atoms with Gasteiger partial charge in [0.2, 0.25) is 5.88 Å². The van der Waals surface area contributed by atoms with Gasteiger partial charge in [0.05, 0.1) is 25.9 Å². The number of nitrogens with zero attached hydrogens (tertiary/aromatic N) is 2. The molecule has 0 radical (unpaired) electrons. The van der Waals surface area contributed by atoms with E-state index in [0.29, 0.717) is 19.0 Å². The molecule has 0 aliphatic carbocycles. The van der Waals surface area contributed by atoms with Crippen LogP contribution in [0.5, 0.6) is 5.88 Å². The Balaban J connectivity index is 1.78. The van der Waals surface area contributed by atoms with Crippen molar-refractivity contribution >= 4 is 5.82 Å². The van der Waals surface area contributed by atoms with Crippen molar-refractivity contribution in [3.8, 4) is 5.88 Å². The second-order valence-electron chi connectivity index (χ2n) is 5.02. The summed E-state index contributed by atoms with van der Waals surface area (Å²) < 4.78 is 16.6. The number of hydrogen-bond acceptors (Lipinski definition) is 6. The molecule has 0 amide bonds. The number of nitrogens with one attached hydrogen (secondary N) is 1. The van der Waals surface area contributed by atoms with Crippen LogP contribution < -0.4 is 10.1 Å². The van der Waals surface area contributed by atoms with Gasteiger partial charge in [0.25, 0.3) is 0 Å². The lowest BCUT2D eigenvalue weighted by atomic mass is 10.2. The highest BCUT2D eigenvalue weighted by Crippen LogP contribution is 2.17. The molecule has 6 nitrogen and oxygen atoms in total. The van der Waals surface area contributed by atoms with Crippen LogP contribution in [0.25, 0.3) is 0 Å². The highest BCUT2D eigenvalue weighted by molar-refractivity contribution is 5.36. The summed E-state index contributed by atoms with van der Waals surface area (Å²) in [7, 11) is 0. The summed E-state index contributed by atoms with van der Waals surface area (Å²) in [6.07, 6.45) is 3.77. The molecule has 0 aromatic carbocycles. The first-order valence-corrected chi connectivity index (χ1v) is 7.16. The van der Waals surface area contributed by atoms with Crippen molar-refractivity contribution in [2.75, 3.05) is 31.7 Å². The van der Waals surface area contributed by atoms with E-state index >= 15 is 0 Å². The maximum Gasteiger partial charge on any atom is 0.218 e. The summed E-state index contributed by atoms with van der Waals surface area (Å²) in [5.74, 6) is 1.37. The largest absolute Gasteiger partial charge is 0.474 e. The summed E-state index contributed by atoms with van der Waals surface area (Å²) in [6.45, 7) is 6.92. The predicted molar refractivity (Wildman–Crippen MR) is 76.1 cm³/mol. The standard InChI is InChI=1S/C14H23N3O3/c1-11(2)19-8-5-15-13-9-14(17-10-16-13)20-12-3-6-18-7-4-12/h9-12H,3-8H2,1-2H3,(H,15,16,17). The highest BCUT2D eigenvalue weighted by atomic mass is 16.5. The molecular formula is C14H23N3O3. The average molecular weight is 281 g/mol. The molecule has 1 saturated heterocycles. The van der Waals surface area contributed by atoms with Crippen LogP contribution in [0.2, 0.25) is 0 Å². The van der Waals surface area contributed by atoms with Gasteiger partial charge in [0.1, 0.15) is 18.2 Å². The molecule has 0 unspecified atom stereocenters. The zero-order valence-electron chi connectivity index (χ0n) is 12.2. The van der Waals surface area contributed by atoms with Crippen LogP contribution in [0.3, 0.4) is 0 Å². The Morgan fingerprint density at radius 1 is 1.35 bits per heavy atom. The number of hydrogen-bond donors (Lipinski definition) is 1. The highest BCUT2D eigenvalue weighted by Gasteiger charge is 2.15. The summed E-state index contributed by atoms with van der Waals surface area (Å²) in [5, 5.41) is 3.20. The van der Waals surface area contributed by atoms with Crippen LogP contribution in [0.15, 0.2) is 12.4 Å². The SMILES string of the molecule is CC(C)OCCNc1cc(OC2CCOCC2)ncn1. The number of aromatic nitrogens is 2. The van der Waals surface area contributed by atoms with Crippen molar-refractivity contribution in [3.63, 3.8) is 0 Å². The van der Waals surface area contributed by atoms with Gasteiger partial charge < -0.3 is 19.5 Å². The average Bonchev–Trinajstić information content (AvgIpc) is 2.45. The molecule has 1 aromatic heterocycles. The lowest BCUT2D eigenvalue weighted by molar-refractivity contribution is 0.0237. The molecule has 1 aliphatic rings.